The van der Waals surface area contributed by atoms with Gasteiger partial charge in [0.05, 0.1) is 0 Å². The molecule has 0 atom stereocenters. The smallest absolute Gasteiger partial charge is 0.216 e. The third kappa shape index (κ3) is 4.29. The quantitative estimate of drug-likeness (QED) is 0.820. The van der Waals surface area contributed by atoms with Gasteiger partial charge in [0.2, 0.25) is 5.91 Å². The number of hydrogen-bond donors (Lipinski definition) is 2. The third-order valence-corrected chi connectivity index (χ3v) is 2.68. The first-order valence-corrected chi connectivity index (χ1v) is 5.49. The fourth-order valence-electron chi connectivity index (χ4n) is 1.07. The van der Waals surface area contributed by atoms with E-state index in [0.29, 0.717) is 13.1 Å². The van der Waals surface area contributed by atoms with Gasteiger partial charge < -0.3 is 10.6 Å². The minimum absolute atomic E-state index is 0.0169. The molecule has 1 aromatic heterocycles. The molecule has 0 saturated carbocycles. The van der Waals surface area contributed by atoms with Gasteiger partial charge in [0.25, 0.3) is 0 Å². The number of aromatic nitrogens is 1. The van der Waals surface area contributed by atoms with E-state index in [0.717, 1.165) is 15.9 Å². The summed E-state index contributed by atoms with van der Waals surface area (Å²) < 4.78 is 0.995. The Bertz CT molecular complexity index is 355. The average Bonchev–Trinajstić information content (AvgIpc) is 2.18. The van der Waals surface area contributed by atoms with Crippen LogP contribution in [-0.2, 0) is 4.79 Å². The lowest BCUT2D eigenvalue weighted by molar-refractivity contribution is -0.118. The molecule has 0 saturated heterocycles. The molecule has 0 radical (unpaired) electrons. The summed E-state index contributed by atoms with van der Waals surface area (Å²) in [6.07, 6.45) is 1.76. The van der Waals surface area contributed by atoms with Crippen LogP contribution in [0, 0.1) is 6.92 Å². The molecule has 1 aromatic rings. The number of hydrogen-bond acceptors (Lipinski definition) is 3. The van der Waals surface area contributed by atoms with Crippen LogP contribution in [0.5, 0.6) is 0 Å². The third-order valence-electron chi connectivity index (χ3n) is 1.85. The Hall–Kier alpha value is -1.10. The molecule has 1 heterocycles. The maximum atomic E-state index is 10.6. The summed E-state index contributed by atoms with van der Waals surface area (Å²) in [7, 11) is 0. The lowest BCUT2D eigenvalue weighted by atomic mass is 10.3. The Morgan fingerprint density at radius 3 is 2.87 bits per heavy atom. The van der Waals surface area contributed by atoms with Gasteiger partial charge in [-0.1, -0.05) is 0 Å². The first kappa shape index (κ1) is 12.0. The van der Waals surface area contributed by atoms with Crippen LogP contribution in [0.3, 0.4) is 0 Å². The molecule has 0 aliphatic carbocycles. The highest BCUT2D eigenvalue weighted by Crippen LogP contribution is 2.16. The number of halogens is 1. The van der Waals surface area contributed by atoms with Crippen molar-refractivity contribution in [2.24, 2.45) is 0 Å². The van der Waals surface area contributed by atoms with Crippen LogP contribution in [-0.4, -0.2) is 24.0 Å². The van der Waals surface area contributed by atoms with E-state index in [1.54, 1.807) is 6.20 Å². The highest BCUT2D eigenvalue weighted by atomic mass is 79.9. The molecule has 0 spiro atoms. The van der Waals surface area contributed by atoms with Crippen molar-refractivity contribution in [2.45, 2.75) is 13.8 Å². The van der Waals surface area contributed by atoms with Crippen LogP contribution >= 0.6 is 15.9 Å². The van der Waals surface area contributed by atoms with Gasteiger partial charge in [0.15, 0.2) is 0 Å². The number of anilines is 1. The molecule has 0 aromatic carbocycles. The van der Waals surface area contributed by atoms with Gasteiger partial charge in [-0.2, -0.15) is 0 Å². The molecule has 0 aliphatic heterocycles. The van der Waals surface area contributed by atoms with E-state index in [4.69, 9.17) is 0 Å². The van der Waals surface area contributed by atoms with Crippen molar-refractivity contribution < 1.29 is 4.79 Å². The molecule has 4 nitrogen and oxygen atoms in total. The normalized spacial score (nSPS) is 9.80. The summed E-state index contributed by atoms with van der Waals surface area (Å²) >= 11 is 3.38. The van der Waals surface area contributed by atoms with Gasteiger partial charge in [0.1, 0.15) is 5.82 Å². The van der Waals surface area contributed by atoms with Gasteiger partial charge in [-0.25, -0.2) is 4.98 Å². The van der Waals surface area contributed by atoms with Crippen molar-refractivity contribution in [1.29, 1.82) is 0 Å². The maximum Gasteiger partial charge on any atom is 0.216 e. The van der Waals surface area contributed by atoms with Gasteiger partial charge in [-0.3, -0.25) is 4.79 Å². The summed E-state index contributed by atoms with van der Waals surface area (Å²) in [6.45, 7) is 4.78. The fourth-order valence-corrected chi connectivity index (χ4v) is 1.28. The number of carbonyl (C=O) groups excluding carboxylic acids is 1. The largest absolute Gasteiger partial charge is 0.368 e. The number of carbonyl (C=O) groups is 1. The average molecular weight is 272 g/mol. The number of amides is 1. The monoisotopic (exact) mass is 271 g/mol. The van der Waals surface area contributed by atoms with E-state index >= 15 is 0 Å². The lowest BCUT2D eigenvalue weighted by Gasteiger charge is -2.07. The summed E-state index contributed by atoms with van der Waals surface area (Å²) in [6, 6.07) is 1.96. The summed E-state index contributed by atoms with van der Waals surface area (Å²) in [4.78, 5) is 14.8. The van der Waals surface area contributed by atoms with Crippen molar-refractivity contribution in [3.63, 3.8) is 0 Å². The zero-order chi connectivity index (χ0) is 11.3. The molecule has 0 bridgehead atoms. The molecular weight excluding hydrogens is 258 g/mol. The summed E-state index contributed by atoms with van der Waals surface area (Å²) in [5, 5.41) is 5.82. The van der Waals surface area contributed by atoms with Gasteiger partial charge >= 0.3 is 0 Å². The van der Waals surface area contributed by atoms with Crippen LogP contribution in [0.1, 0.15) is 12.5 Å². The van der Waals surface area contributed by atoms with Crippen molar-refractivity contribution in [3.8, 4) is 0 Å². The van der Waals surface area contributed by atoms with E-state index in [9.17, 15) is 4.79 Å². The van der Waals surface area contributed by atoms with Gasteiger partial charge in [-0.05, 0) is 34.5 Å². The van der Waals surface area contributed by atoms with E-state index in [2.05, 4.69) is 31.5 Å². The molecule has 1 amide bonds. The fraction of sp³-hybridized carbons (Fsp3) is 0.400. The van der Waals surface area contributed by atoms with Crippen molar-refractivity contribution in [2.75, 3.05) is 18.4 Å². The lowest BCUT2D eigenvalue weighted by Crippen LogP contribution is -2.26. The summed E-state index contributed by atoms with van der Waals surface area (Å²) in [5.74, 6) is 0.804. The van der Waals surface area contributed by atoms with Crippen LogP contribution in [0.15, 0.2) is 16.7 Å². The minimum atomic E-state index is -0.0169. The van der Waals surface area contributed by atoms with Crippen molar-refractivity contribution in [3.05, 3.63) is 22.3 Å². The second kappa shape index (κ2) is 5.70. The molecule has 82 valence electrons. The molecule has 5 heteroatoms. The predicted molar refractivity (Wildman–Crippen MR) is 63.8 cm³/mol. The molecule has 0 fully saturated rings. The molecule has 0 unspecified atom stereocenters. The SMILES string of the molecule is CC(=O)NCCNc1cc(C)c(Br)cn1. The number of nitrogens with one attached hydrogen (secondary N) is 2. The van der Waals surface area contributed by atoms with Crippen molar-refractivity contribution >= 4 is 27.7 Å². The minimum Gasteiger partial charge on any atom is -0.368 e. The molecule has 0 aliphatic rings. The van der Waals surface area contributed by atoms with Crippen molar-refractivity contribution in [1.82, 2.24) is 10.3 Å². The second-order valence-electron chi connectivity index (χ2n) is 3.23. The highest BCUT2D eigenvalue weighted by Gasteiger charge is 1.98. The number of pyridine rings is 1. The zero-order valence-electron chi connectivity index (χ0n) is 8.80. The van der Waals surface area contributed by atoms with Crippen LogP contribution in [0.25, 0.3) is 0 Å². The Morgan fingerprint density at radius 1 is 1.53 bits per heavy atom. The Morgan fingerprint density at radius 2 is 2.27 bits per heavy atom. The Labute approximate surface area is 97.6 Å². The van der Waals surface area contributed by atoms with E-state index in [-0.39, 0.29) is 5.91 Å². The van der Waals surface area contributed by atoms with Gasteiger partial charge in [0, 0.05) is 30.7 Å². The van der Waals surface area contributed by atoms with E-state index < -0.39 is 0 Å². The highest BCUT2D eigenvalue weighted by molar-refractivity contribution is 9.10. The van der Waals surface area contributed by atoms with Crippen LogP contribution < -0.4 is 10.6 Å². The first-order chi connectivity index (χ1) is 7.09. The van der Waals surface area contributed by atoms with Gasteiger partial charge in [-0.15, -0.1) is 0 Å². The summed E-state index contributed by atoms with van der Waals surface area (Å²) in [5.41, 5.74) is 1.13. The first-order valence-electron chi connectivity index (χ1n) is 4.70. The zero-order valence-corrected chi connectivity index (χ0v) is 10.4. The van der Waals surface area contributed by atoms with Crippen LogP contribution in [0.2, 0.25) is 0 Å². The Balaban J connectivity index is 2.38. The Kier molecular flexibility index (Phi) is 4.55. The number of aryl methyl sites for hydroxylation is 1. The van der Waals surface area contributed by atoms with E-state index in [1.165, 1.54) is 6.92 Å². The molecule has 2 N–H and O–H groups in total. The number of rotatable bonds is 4. The molecular formula is C10H14BrN3O. The molecule has 1 rings (SSSR count). The predicted octanol–water partition coefficient (Wildman–Crippen LogP) is 1.70. The molecule has 15 heavy (non-hydrogen) atoms. The second-order valence-corrected chi connectivity index (χ2v) is 4.08. The topological polar surface area (TPSA) is 54.0 Å². The maximum absolute atomic E-state index is 10.6. The standard InChI is InChI=1S/C10H14BrN3O/c1-7-5-10(14-6-9(7)11)13-4-3-12-8(2)15/h5-6H,3-4H2,1-2H3,(H,12,15)(H,13,14). The van der Waals surface area contributed by atoms with E-state index in [1.807, 2.05) is 13.0 Å². The number of nitrogens with zero attached hydrogens (tertiary/aromatic N) is 1. The van der Waals surface area contributed by atoms with Crippen LogP contribution in [0.4, 0.5) is 5.82 Å².